The quantitative estimate of drug-likeness (QED) is 0.0514. The van der Waals surface area contributed by atoms with Gasteiger partial charge in [0, 0.05) is 19.5 Å². The van der Waals surface area contributed by atoms with Crippen molar-refractivity contribution >= 4 is 11.8 Å². The van der Waals surface area contributed by atoms with Gasteiger partial charge in [-0.3, -0.25) is 9.59 Å². The number of rotatable bonds is 36. The molecule has 308 valence electrons. The first kappa shape index (κ1) is 49.1. The van der Waals surface area contributed by atoms with Gasteiger partial charge >= 0.3 is 0 Å². The lowest BCUT2D eigenvalue weighted by molar-refractivity contribution is -0.150. The van der Waals surface area contributed by atoms with E-state index in [0.29, 0.717) is 13.0 Å². The van der Waals surface area contributed by atoms with E-state index < -0.39 is 5.54 Å². The number of carbonyl (C=O) groups is 2. The van der Waals surface area contributed by atoms with E-state index in [4.69, 9.17) is 0 Å². The molecule has 0 atom stereocenters. The van der Waals surface area contributed by atoms with Gasteiger partial charge in [-0.05, 0) is 111 Å². The second kappa shape index (κ2) is 35.8. The zero-order valence-electron chi connectivity index (χ0n) is 35.9. The van der Waals surface area contributed by atoms with Crippen LogP contribution in [0.3, 0.4) is 0 Å². The molecule has 0 bridgehead atoms. The summed E-state index contributed by atoms with van der Waals surface area (Å²) in [6.07, 6.45) is 51.4. The Kier molecular flexibility index (Phi) is 33.2. The second-order valence-electron chi connectivity index (χ2n) is 16.5. The van der Waals surface area contributed by atoms with Crippen LogP contribution < -0.4 is 5.32 Å². The van der Waals surface area contributed by atoms with Crippen LogP contribution in [-0.4, -0.2) is 60.9 Å². The average molecular weight is 740 g/mol. The lowest BCUT2D eigenvalue weighted by atomic mass is 9.78. The van der Waals surface area contributed by atoms with Gasteiger partial charge in [0.05, 0.1) is 0 Å². The maximum absolute atomic E-state index is 14.0. The van der Waals surface area contributed by atoms with Gasteiger partial charge in [-0.1, -0.05) is 159 Å². The normalized spacial score (nSPS) is 14.7. The SMILES string of the molecule is CCCCC/C=C\C/C=C\CCCCCCCC(=O)N(CCCN(C)C)C1(C(=O)NCCCCCCCC/C=C\CCCCCCCC)CCCCC1. The van der Waals surface area contributed by atoms with E-state index >= 15 is 0 Å². The molecule has 1 aliphatic rings. The van der Waals surface area contributed by atoms with Crippen LogP contribution in [0, 0.1) is 0 Å². The molecule has 0 spiro atoms. The number of carbonyl (C=O) groups excluding carboxylic acids is 2. The minimum Gasteiger partial charge on any atom is -0.354 e. The van der Waals surface area contributed by atoms with Gasteiger partial charge in [0.2, 0.25) is 11.8 Å². The number of hydrogen-bond acceptors (Lipinski definition) is 3. The molecule has 0 unspecified atom stereocenters. The Morgan fingerprint density at radius 1 is 0.528 bits per heavy atom. The first-order valence-corrected chi connectivity index (χ1v) is 23.2. The number of hydrogen-bond donors (Lipinski definition) is 1. The van der Waals surface area contributed by atoms with Crippen LogP contribution in [0.1, 0.15) is 219 Å². The van der Waals surface area contributed by atoms with Crippen molar-refractivity contribution in [2.24, 2.45) is 0 Å². The minimum absolute atomic E-state index is 0.114. The van der Waals surface area contributed by atoms with Crippen molar-refractivity contribution < 1.29 is 9.59 Å². The summed E-state index contributed by atoms with van der Waals surface area (Å²) in [5, 5.41) is 3.34. The first-order chi connectivity index (χ1) is 26.0. The van der Waals surface area contributed by atoms with Crippen molar-refractivity contribution in [3.05, 3.63) is 36.5 Å². The fraction of sp³-hybridized carbons (Fsp3) is 0.833. The highest BCUT2D eigenvalue weighted by Gasteiger charge is 2.46. The van der Waals surface area contributed by atoms with Crippen molar-refractivity contribution in [2.75, 3.05) is 33.7 Å². The van der Waals surface area contributed by atoms with E-state index in [1.807, 2.05) is 0 Å². The van der Waals surface area contributed by atoms with Gasteiger partial charge in [-0.2, -0.15) is 0 Å². The number of nitrogens with zero attached hydrogens (tertiary/aromatic N) is 2. The first-order valence-electron chi connectivity index (χ1n) is 23.2. The molecule has 5 heteroatoms. The molecule has 0 radical (unpaired) electrons. The summed E-state index contributed by atoms with van der Waals surface area (Å²) < 4.78 is 0. The Morgan fingerprint density at radius 2 is 0.981 bits per heavy atom. The fourth-order valence-electron chi connectivity index (χ4n) is 7.84. The maximum Gasteiger partial charge on any atom is 0.245 e. The fourth-order valence-corrected chi connectivity index (χ4v) is 7.84. The molecule has 0 aliphatic heterocycles. The van der Waals surface area contributed by atoms with Gasteiger partial charge in [0.1, 0.15) is 5.54 Å². The van der Waals surface area contributed by atoms with E-state index in [0.717, 1.165) is 83.7 Å². The van der Waals surface area contributed by atoms with Gasteiger partial charge in [-0.25, -0.2) is 0 Å². The highest BCUT2D eigenvalue weighted by atomic mass is 16.2. The molecule has 1 N–H and O–H groups in total. The Hall–Kier alpha value is -1.88. The zero-order chi connectivity index (χ0) is 38.5. The summed E-state index contributed by atoms with van der Waals surface area (Å²) in [4.78, 5) is 32.2. The summed E-state index contributed by atoms with van der Waals surface area (Å²) in [6, 6.07) is 0. The molecule has 1 saturated carbocycles. The summed E-state index contributed by atoms with van der Waals surface area (Å²) in [6.45, 7) is 6.87. The molecular formula is C48H89N3O2. The van der Waals surface area contributed by atoms with Gasteiger partial charge in [0.25, 0.3) is 0 Å². The Morgan fingerprint density at radius 3 is 1.53 bits per heavy atom. The molecule has 1 rings (SSSR count). The summed E-state index contributed by atoms with van der Waals surface area (Å²) in [5.74, 6) is 0.312. The predicted octanol–water partition coefficient (Wildman–Crippen LogP) is 13.4. The molecular weight excluding hydrogens is 651 g/mol. The molecule has 0 aromatic carbocycles. The van der Waals surface area contributed by atoms with E-state index in [1.165, 1.54) is 128 Å². The molecule has 53 heavy (non-hydrogen) atoms. The lowest BCUT2D eigenvalue weighted by Crippen LogP contribution is -2.62. The molecule has 1 aliphatic carbocycles. The van der Waals surface area contributed by atoms with Crippen LogP contribution in [0.15, 0.2) is 36.5 Å². The third-order valence-corrected chi connectivity index (χ3v) is 11.2. The van der Waals surface area contributed by atoms with E-state index in [2.05, 4.69) is 79.5 Å². The molecule has 1 fully saturated rings. The minimum atomic E-state index is -0.665. The van der Waals surface area contributed by atoms with Crippen LogP contribution in [0.5, 0.6) is 0 Å². The third kappa shape index (κ3) is 26.5. The maximum atomic E-state index is 14.0. The van der Waals surface area contributed by atoms with Crippen LogP contribution >= 0.6 is 0 Å². The summed E-state index contributed by atoms with van der Waals surface area (Å²) >= 11 is 0. The topological polar surface area (TPSA) is 52.7 Å². The monoisotopic (exact) mass is 740 g/mol. The van der Waals surface area contributed by atoms with E-state index in [1.54, 1.807) is 0 Å². The van der Waals surface area contributed by atoms with Gasteiger partial charge in [-0.15, -0.1) is 0 Å². The average Bonchev–Trinajstić information content (AvgIpc) is 3.16. The third-order valence-electron chi connectivity index (χ3n) is 11.2. The predicted molar refractivity (Wildman–Crippen MR) is 233 cm³/mol. The second-order valence-corrected chi connectivity index (χ2v) is 16.5. The molecule has 0 aromatic rings. The lowest BCUT2D eigenvalue weighted by Gasteiger charge is -2.45. The number of nitrogens with one attached hydrogen (secondary N) is 1. The Labute approximate surface area is 330 Å². The standard InChI is InChI=1S/C48H89N3O2/c1-5-7-9-11-13-15-17-19-21-23-25-27-29-31-33-38-43-49-47(53)48(41-36-34-37-42-48)51(45-39-44-50(3)4)46(52)40-35-32-30-28-26-24-22-20-18-16-14-12-10-8-6-2/h14,16,19-22H,5-13,15,17-18,23-45H2,1-4H3,(H,49,53)/b16-14-,21-19-,22-20-. The van der Waals surface area contributed by atoms with Crippen LogP contribution in [-0.2, 0) is 9.59 Å². The molecule has 5 nitrogen and oxygen atoms in total. The van der Waals surface area contributed by atoms with E-state index in [-0.39, 0.29) is 11.8 Å². The number of amides is 2. The van der Waals surface area contributed by atoms with E-state index in [9.17, 15) is 9.59 Å². The Bertz CT molecular complexity index is 933. The van der Waals surface area contributed by atoms with Crippen molar-refractivity contribution in [1.82, 2.24) is 15.1 Å². The van der Waals surface area contributed by atoms with Gasteiger partial charge < -0.3 is 15.1 Å². The summed E-state index contributed by atoms with van der Waals surface area (Å²) in [7, 11) is 4.18. The van der Waals surface area contributed by atoms with Crippen LogP contribution in [0.25, 0.3) is 0 Å². The van der Waals surface area contributed by atoms with Crippen molar-refractivity contribution in [2.45, 2.75) is 225 Å². The summed E-state index contributed by atoms with van der Waals surface area (Å²) in [5.41, 5.74) is -0.665. The van der Waals surface area contributed by atoms with Crippen LogP contribution in [0.2, 0.25) is 0 Å². The molecule has 0 heterocycles. The van der Waals surface area contributed by atoms with Crippen molar-refractivity contribution in [3.8, 4) is 0 Å². The van der Waals surface area contributed by atoms with Crippen molar-refractivity contribution in [3.63, 3.8) is 0 Å². The Balaban J connectivity index is 2.40. The molecule has 2 amide bonds. The number of unbranched alkanes of at least 4 members (excludes halogenated alkanes) is 20. The zero-order valence-corrected chi connectivity index (χ0v) is 35.9. The van der Waals surface area contributed by atoms with Crippen molar-refractivity contribution in [1.29, 1.82) is 0 Å². The smallest absolute Gasteiger partial charge is 0.245 e. The van der Waals surface area contributed by atoms with Gasteiger partial charge in [0.15, 0.2) is 0 Å². The number of allylic oxidation sites excluding steroid dienone is 6. The molecule has 0 aromatic heterocycles. The highest BCUT2D eigenvalue weighted by Crippen LogP contribution is 2.35. The molecule has 0 saturated heterocycles. The highest BCUT2D eigenvalue weighted by molar-refractivity contribution is 5.91. The largest absolute Gasteiger partial charge is 0.354 e. The van der Waals surface area contributed by atoms with Crippen LogP contribution in [0.4, 0.5) is 0 Å².